The van der Waals surface area contributed by atoms with Gasteiger partial charge in [-0.2, -0.15) is 0 Å². The minimum Gasteiger partial charge on any atom is -0.356 e. The van der Waals surface area contributed by atoms with E-state index in [2.05, 4.69) is 5.32 Å². The van der Waals surface area contributed by atoms with Gasteiger partial charge < -0.3 is 5.32 Å². The highest BCUT2D eigenvalue weighted by Gasteiger charge is 2.40. The Morgan fingerprint density at radius 1 is 1.80 bits per heavy atom. The molecule has 1 atom stereocenters. The molecule has 1 aliphatic rings. The number of rotatable bonds is 1. The van der Waals surface area contributed by atoms with Crippen LogP contribution in [0.25, 0.3) is 0 Å². The van der Waals surface area contributed by atoms with Crippen LogP contribution in [0.1, 0.15) is 13.3 Å². The Labute approximate surface area is 60.6 Å². The highest BCUT2D eigenvalue weighted by atomic mass is 16.2. The van der Waals surface area contributed by atoms with Gasteiger partial charge in [0.1, 0.15) is 5.78 Å². The Kier molecular flexibility index (Phi) is 1.54. The molecule has 0 saturated carbocycles. The summed E-state index contributed by atoms with van der Waals surface area (Å²) < 4.78 is 0. The summed E-state index contributed by atoms with van der Waals surface area (Å²) in [6.45, 7) is 1.85. The van der Waals surface area contributed by atoms with Crippen LogP contribution in [0.5, 0.6) is 0 Å². The number of carbonyl (C=O) groups excluding carboxylic acids is 2. The van der Waals surface area contributed by atoms with Crippen molar-refractivity contribution in [1.29, 1.82) is 0 Å². The van der Waals surface area contributed by atoms with Crippen LogP contribution in [-0.4, -0.2) is 26.1 Å². The van der Waals surface area contributed by atoms with Gasteiger partial charge in [-0.3, -0.25) is 9.59 Å². The lowest BCUT2D eigenvalue weighted by molar-refractivity contribution is -0.129. The third kappa shape index (κ3) is 0.837. The van der Waals surface area contributed by atoms with Gasteiger partial charge in [0.05, 0.1) is 13.2 Å². The molecule has 3 nitrogen and oxygen atoms in total. The molecule has 1 fully saturated rings. The number of Topliss-reactive ketones (excluding diaryl/α,β-unsaturated/α-hetero) is 1. The van der Waals surface area contributed by atoms with Crippen LogP contribution < -0.4 is 5.32 Å². The summed E-state index contributed by atoms with van der Waals surface area (Å²) in [5.74, 6) is -0.609. The number of amides is 1. The van der Waals surface area contributed by atoms with Crippen LogP contribution in [0.4, 0.5) is 0 Å². The molecule has 52 valence electrons. The van der Waals surface area contributed by atoms with E-state index in [1.54, 1.807) is 0 Å². The van der Waals surface area contributed by atoms with Crippen molar-refractivity contribution < 1.29 is 9.59 Å². The number of ketones is 1. The molecule has 1 unspecified atom stereocenters. The summed E-state index contributed by atoms with van der Waals surface area (Å²) in [7, 11) is 5.48. The smallest absolute Gasteiger partial charge is 0.224 e. The van der Waals surface area contributed by atoms with E-state index in [0.717, 1.165) is 0 Å². The monoisotopic (exact) mass is 137 g/mol. The Bertz CT molecular complexity index is 192. The molecule has 0 spiro atoms. The second-order valence-electron chi connectivity index (χ2n) is 2.53. The maximum atomic E-state index is 10.9. The van der Waals surface area contributed by atoms with Crippen molar-refractivity contribution in [2.45, 2.75) is 18.7 Å². The first-order valence-electron chi connectivity index (χ1n) is 3.15. The Morgan fingerprint density at radius 2 is 2.40 bits per heavy atom. The Balaban J connectivity index is 2.86. The van der Waals surface area contributed by atoms with E-state index < -0.39 is 5.31 Å². The molecular formula is C6H8BNO2. The quantitative estimate of drug-likeness (QED) is 0.388. The van der Waals surface area contributed by atoms with Crippen LogP contribution in [-0.2, 0) is 9.59 Å². The van der Waals surface area contributed by atoms with E-state index in [-0.39, 0.29) is 11.7 Å². The molecule has 4 heteroatoms. The van der Waals surface area contributed by atoms with Gasteiger partial charge in [-0.15, -0.1) is 0 Å². The van der Waals surface area contributed by atoms with Crippen LogP contribution in [0, 0.1) is 0 Å². The number of carbonyl (C=O) groups is 2. The molecule has 1 amide bonds. The third-order valence-corrected chi connectivity index (χ3v) is 1.84. The van der Waals surface area contributed by atoms with E-state index in [1.165, 1.54) is 6.92 Å². The highest BCUT2D eigenvalue weighted by Crippen LogP contribution is 2.31. The van der Waals surface area contributed by atoms with Gasteiger partial charge in [0.2, 0.25) is 5.91 Å². The standard InChI is InChI=1S/C6H8BNO2/c1-4(9)6(7)2-3-8-5(6)10/h2-3H2,1H3,(H,8,10). The zero-order chi connectivity index (χ0) is 7.78. The first-order valence-corrected chi connectivity index (χ1v) is 3.15. The predicted octanol–water partition coefficient (Wildman–Crippen LogP) is -0.578. The van der Waals surface area contributed by atoms with Crippen LogP contribution in [0.15, 0.2) is 0 Å². The SMILES string of the molecule is [B]C1(C(C)=O)CCNC1=O. The molecule has 1 N–H and O–H groups in total. The van der Waals surface area contributed by atoms with E-state index in [0.29, 0.717) is 13.0 Å². The van der Waals surface area contributed by atoms with E-state index in [1.807, 2.05) is 0 Å². The number of hydrogen-bond acceptors (Lipinski definition) is 2. The molecule has 10 heavy (non-hydrogen) atoms. The second-order valence-corrected chi connectivity index (χ2v) is 2.53. The molecular weight excluding hydrogens is 129 g/mol. The Morgan fingerprint density at radius 3 is 2.60 bits per heavy atom. The molecule has 0 aliphatic carbocycles. The van der Waals surface area contributed by atoms with Gasteiger partial charge in [0.15, 0.2) is 0 Å². The summed E-state index contributed by atoms with van der Waals surface area (Å²) >= 11 is 0. The van der Waals surface area contributed by atoms with E-state index in [4.69, 9.17) is 7.85 Å². The molecule has 0 aromatic heterocycles. The summed E-state index contributed by atoms with van der Waals surface area (Å²) in [6.07, 6.45) is 0.418. The van der Waals surface area contributed by atoms with Crippen LogP contribution in [0.2, 0.25) is 5.31 Å². The summed E-state index contributed by atoms with van der Waals surface area (Å²) in [6, 6.07) is 0. The van der Waals surface area contributed by atoms with E-state index >= 15 is 0 Å². The van der Waals surface area contributed by atoms with Crippen molar-refractivity contribution in [2.24, 2.45) is 0 Å². The van der Waals surface area contributed by atoms with Crippen molar-refractivity contribution in [1.82, 2.24) is 5.32 Å². The highest BCUT2D eigenvalue weighted by molar-refractivity contribution is 6.41. The van der Waals surface area contributed by atoms with Gasteiger partial charge in [0.25, 0.3) is 0 Å². The molecule has 1 heterocycles. The summed E-state index contributed by atoms with van der Waals surface area (Å²) in [4.78, 5) is 21.7. The summed E-state index contributed by atoms with van der Waals surface area (Å²) in [5, 5.41) is 1.27. The summed E-state index contributed by atoms with van der Waals surface area (Å²) in [5.41, 5.74) is 0. The minimum absolute atomic E-state index is 0.262. The normalized spacial score (nSPS) is 31.9. The lowest BCUT2D eigenvalue weighted by Gasteiger charge is -2.15. The predicted molar refractivity (Wildman–Crippen MR) is 36.8 cm³/mol. The van der Waals surface area contributed by atoms with Crippen molar-refractivity contribution >= 4 is 19.5 Å². The van der Waals surface area contributed by atoms with Crippen molar-refractivity contribution in [2.75, 3.05) is 6.54 Å². The molecule has 1 aliphatic heterocycles. The first-order chi connectivity index (χ1) is 4.57. The fraction of sp³-hybridized carbons (Fsp3) is 0.667. The lowest BCUT2D eigenvalue weighted by atomic mass is 9.65. The second kappa shape index (κ2) is 2.11. The molecule has 2 radical (unpaired) electrons. The fourth-order valence-electron chi connectivity index (χ4n) is 0.980. The zero-order valence-electron chi connectivity index (χ0n) is 5.81. The zero-order valence-corrected chi connectivity index (χ0v) is 5.81. The van der Waals surface area contributed by atoms with Crippen molar-refractivity contribution in [3.05, 3.63) is 0 Å². The maximum absolute atomic E-state index is 10.9. The number of hydrogen-bond donors (Lipinski definition) is 1. The van der Waals surface area contributed by atoms with Gasteiger partial charge >= 0.3 is 0 Å². The van der Waals surface area contributed by atoms with Crippen LogP contribution in [0.3, 0.4) is 0 Å². The molecule has 0 bridgehead atoms. The van der Waals surface area contributed by atoms with Crippen molar-refractivity contribution in [3.8, 4) is 0 Å². The molecule has 0 aromatic rings. The van der Waals surface area contributed by atoms with Gasteiger partial charge in [-0.05, 0) is 13.3 Å². The van der Waals surface area contributed by atoms with Gasteiger partial charge in [0, 0.05) is 6.54 Å². The molecule has 1 saturated heterocycles. The topological polar surface area (TPSA) is 46.2 Å². The number of nitrogens with one attached hydrogen (secondary N) is 1. The molecule has 0 aromatic carbocycles. The average Bonchev–Trinajstić information content (AvgIpc) is 2.15. The fourth-order valence-corrected chi connectivity index (χ4v) is 0.980. The van der Waals surface area contributed by atoms with Crippen molar-refractivity contribution in [3.63, 3.8) is 0 Å². The van der Waals surface area contributed by atoms with Crippen LogP contribution >= 0.6 is 0 Å². The third-order valence-electron chi connectivity index (χ3n) is 1.84. The maximum Gasteiger partial charge on any atom is 0.224 e. The van der Waals surface area contributed by atoms with Gasteiger partial charge in [-0.25, -0.2) is 0 Å². The lowest BCUT2D eigenvalue weighted by Crippen LogP contribution is -2.31. The largest absolute Gasteiger partial charge is 0.356 e. The minimum atomic E-state index is -1.24. The van der Waals surface area contributed by atoms with E-state index in [9.17, 15) is 9.59 Å². The Hall–Kier alpha value is -0.795. The molecule has 1 rings (SSSR count). The average molecular weight is 137 g/mol. The van der Waals surface area contributed by atoms with Gasteiger partial charge in [-0.1, -0.05) is 0 Å². The first kappa shape index (κ1) is 7.31.